The third-order valence-electron chi connectivity index (χ3n) is 4.40. The van der Waals surface area contributed by atoms with Crippen LogP contribution in [0.1, 0.15) is 18.4 Å². The number of hydrogen-bond acceptors (Lipinski definition) is 4. The van der Waals surface area contributed by atoms with Gasteiger partial charge in [-0.25, -0.2) is 0 Å². The van der Waals surface area contributed by atoms with Gasteiger partial charge in [-0.3, -0.25) is 25.3 Å². The Bertz CT molecular complexity index is 771. The van der Waals surface area contributed by atoms with E-state index in [1.165, 1.54) is 17.3 Å². The molecular weight excluding hydrogens is 382 g/mol. The standard InChI is InChI=1S/C20H22ClN3O2S/c21-16-8-10-17(11-9-16)27-14-19(25)22-23-20(26)18-7-4-12-24(18)13-15-5-2-1-3-6-15/h1-3,5-6,8-11,18H,4,7,12-14H2,(H,22,25)(H,23,26). The predicted molar refractivity (Wildman–Crippen MR) is 108 cm³/mol. The molecule has 27 heavy (non-hydrogen) atoms. The monoisotopic (exact) mass is 403 g/mol. The number of amides is 2. The summed E-state index contributed by atoms with van der Waals surface area (Å²) in [7, 11) is 0. The van der Waals surface area contributed by atoms with E-state index in [-0.39, 0.29) is 23.6 Å². The van der Waals surface area contributed by atoms with Crippen LogP contribution in [0.2, 0.25) is 5.02 Å². The minimum absolute atomic E-state index is 0.159. The summed E-state index contributed by atoms with van der Waals surface area (Å²) < 4.78 is 0. The van der Waals surface area contributed by atoms with Crippen molar-refractivity contribution in [3.8, 4) is 0 Å². The molecule has 2 aromatic rings. The molecule has 0 spiro atoms. The lowest BCUT2D eigenvalue weighted by atomic mass is 10.2. The lowest BCUT2D eigenvalue weighted by Gasteiger charge is -2.23. The number of hydrazine groups is 1. The maximum atomic E-state index is 12.5. The minimum atomic E-state index is -0.240. The van der Waals surface area contributed by atoms with Gasteiger partial charge in [0.25, 0.3) is 5.91 Å². The topological polar surface area (TPSA) is 61.4 Å². The molecule has 0 saturated carbocycles. The van der Waals surface area contributed by atoms with Crippen LogP contribution in [0.25, 0.3) is 0 Å². The van der Waals surface area contributed by atoms with Crippen molar-refractivity contribution in [2.75, 3.05) is 12.3 Å². The zero-order valence-electron chi connectivity index (χ0n) is 14.9. The molecule has 0 aliphatic carbocycles. The van der Waals surface area contributed by atoms with Crippen LogP contribution in [0.15, 0.2) is 59.5 Å². The summed E-state index contributed by atoms with van der Waals surface area (Å²) in [5.41, 5.74) is 6.27. The summed E-state index contributed by atoms with van der Waals surface area (Å²) in [6, 6.07) is 17.2. The van der Waals surface area contributed by atoms with Crippen molar-refractivity contribution in [3.05, 3.63) is 65.2 Å². The summed E-state index contributed by atoms with van der Waals surface area (Å²) in [4.78, 5) is 27.6. The first-order chi connectivity index (χ1) is 13.1. The second-order valence-electron chi connectivity index (χ2n) is 6.39. The Morgan fingerprint density at radius 3 is 2.56 bits per heavy atom. The van der Waals surface area contributed by atoms with E-state index < -0.39 is 0 Å². The molecule has 1 atom stereocenters. The van der Waals surface area contributed by atoms with Crippen LogP contribution in [0, 0.1) is 0 Å². The maximum Gasteiger partial charge on any atom is 0.255 e. The number of benzene rings is 2. The van der Waals surface area contributed by atoms with Gasteiger partial charge in [0.1, 0.15) is 0 Å². The first-order valence-electron chi connectivity index (χ1n) is 8.87. The molecule has 0 aromatic heterocycles. The quantitative estimate of drug-likeness (QED) is 0.574. The molecule has 1 aliphatic heterocycles. The van der Waals surface area contributed by atoms with Crippen molar-refractivity contribution < 1.29 is 9.59 Å². The Labute approximate surface area is 168 Å². The lowest BCUT2D eigenvalue weighted by molar-refractivity contribution is -0.130. The van der Waals surface area contributed by atoms with E-state index in [1.807, 2.05) is 30.3 Å². The number of hydrogen-bond donors (Lipinski definition) is 2. The highest BCUT2D eigenvalue weighted by Gasteiger charge is 2.30. The average Bonchev–Trinajstić information content (AvgIpc) is 3.14. The zero-order chi connectivity index (χ0) is 19.1. The highest BCUT2D eigenvalue weighted by Crippen LogP contribution is 2.21. The molecule has 2 aromatic carbocycles. The summed E-state index contributed by atoms with van der Waals surface area (Å²) in [6.07, 6.45) is 1.78. The number of halogens is 1. The van der Waals surface area contributed by atoms with Gasteiger partial charge in [0, 0.05) is 16.5 Å². The van der Waals surface area contributed by atoms with Gasteiger partial charge in [-0.05, 0) is 49.2 Å². The molecule has 0 bridgehead atoms. The third kappa shape index (κ3) is 5.99. The molecule has 7 heteroatoms. The molecule has 2 amide bonds. The number of carbonyl (C=O) groups is 2. The maximum absolute atomic E-state index is 12.5. The second-order valence-corrected chi connectivity index (χ2v) is 7.88. The van der Waals surface area contributed by atoms with E-state index in [2.05, 4.69) is 27.9 Å². The molecule has 1 saturated heterocycles. The number of likely N-dealkylation sites (tertiary alicyclic amines) is 1. The summed E-state index contributed by atoms with van der Waals surface area (Å²) >= 11 is 7.24. The van der Waals surface area contributed by atoms with Crippen LogP contribution in [-0.2, 0) is 16.1 Å². The minimum Gasteiger partial charge on any atom is -0.288 e. The molecule has 1 unspecified atom stereocenters. The van der Waals surface area contributed by atoms with Crippen molar-refractivity contribution in [2.24, 2.45) is 0 Å². The molecule has 0 radical (unpaired) electrons. The van der Waals surface area contributed by atoms with E-state index in [1.54, 1.807) is 12.1 Å². The van der Waals surface area contributed by atoms with E-state index in [0.29, 0.717) is 5.02 Å². The summed E-state index contributed by atoms with van der Waals surface area (Å²) in [5, 5.41) is 0.660. The Balaban J connectivity index is 1.43. The average molecular weight is 404 g/mol. The highest BCUT2D eigenvalue weighted by atomic mass is 35.5. The Kier molecular flexibility index (Phi) is 7.15. The van der Waals surface area contributed by atoms with Crippen molar-refractivity contribution in [1.29, 1.82) is 0 Å². The van der Waals surface area contributed by atoms with Crippen molar-refractivity contribution in [3.63, 3.8) is 0 Å². The van der Waals surface area contributed by atoms with Gasteiger partial charge in [-0.15, -0.1) is 11.8 Å². The first-order valence-corrected chi connectivity index (χ1v) is 10.2. The van der Waals surface area contributed by atoms with Crippen LogP contribution in [-0.4, -0.2) is 35.1 Å². The Morgan fingerprint density at radius 2 is 1.81 bits per heavy atom. The SMILES string of the molecule is O=C(CSc1ccc(Cl)cc1)NNC(=O)C1CCCN1Cc1ccccc1. The summed E-state index contributed by atoms with van der Waals surface area (Å²) in [5.74, 6) is -0.176. The van der Waals surface area contributed by atoms with Crippen LogP contribution < -0.4 is 10.9 Å². The number of rotatable bonds is 6. The fraction of sp³-hybridized carbons (Fsp3) is 0.300. The normalized spacial score (nSPS) is 16.9. The largest absolute Gasteiger partial charge is 0.288 e. The third-order valence-corrected chi connectivity index (χ3v) is 5.67. The fourth-order valence-electron chi connectivity index (χ4n) is 3.06. The number of nitrogens with one attached hydrogen (secondary N) is 2. The van der Waals surface area contributed by atoms with E-state index >= 15 is 0 Å². The van der Waals surface area contributed by atoms with Crippen LogP contribution in [0.5, 0.6) is 0 Å². The number of thioether (sulfide) groups is 1. The molecule has 5 nitrogen and oxygen atoms in total. The van der Waals surface area contributed by atoms with Gasteiger partial charge in [0.15, 0.2) is 0 Å². The number of nitrogens with zero attached hydrogens (tertiary/aromatic N) is 1. The number of carbonyl (C=O) groups excluding carboxylic acids is 2. The second kappa shape index (κ2) is 9.78. The van der Waals surface area contributed by atoms with Gasteiger partial charge in [0.05, 0.1) is 11.8 Å². The molecule has 1 heterocycles. The first kappa shape index (κ1) is 19.7. The van der Waals surface area contributed by atoms with Crippen molar-refractivity contribution >= 4 is 35.2 Å². The zero-order valence-corrected chi connectivity index (χ0v) is 16.4. The van der Waals surface area contributed by atoms with E-state index in [0.717, 1.165) is 30.8 Å². The molecule has 3 rings (SSSR count). The van der Waals surface area contributed by atoms with Crippen molar-refractivity contribution in [2.45, 2.75) is 30.3 Å². The van der Waals surface area contributed by atoms with Crippen LogP contribution in [0.3, 0.4) is 0 Å². The predicted octanol–water partition coefficient (Wildman–Crippen LogP) is 3.24. The molecule has 142 valence electrons. The van der Waals surface area contributed by atoms with E-state index in [4.69, 9.17) is 11.6 Å². The van der Waals surface area contributed by atoms with Gasteiger partial charge in [-0.2, -0.15) is 0 Å². The van der Waals surface area contributed by atoms with Gasteiger partial charge >= 0.3 is 0 Å². The molecular formula is C20H22ClN3O2S. The Morgan fingerprint density at radius 1 is 1.07 bits per heavy atom. The van der Waals surface area contributed by atoms with Gasteiger partial charge in [0.2, 0.25) is 5.91 Å². The van der Waals surface area contributed by atoms with Crippen LogP contribution in [0.4, 0.5) is 0 Å². The van der Waals surface area contributed by atoms with Gasteiger partial charge < -0.3 is 0 Å². The molecule has 1 fully saturated rings. The Hall–Kier alpha value is -2.02. The molecule has 2 N–H and O–H groups in total. The lowest BCUT2D eigenvalue weighted by Crippen LogP contribution is -2.50. The van der Waals surface area contributed by atoms with Gasteiger partial charge in [-0.1, -0.05) is 41.9 Å². The van der Waals surface area contributed by atoms with Crippen molar-refractivity contribution in [1.82, 2.24) is 15.8 Å². The summed E-state index contributed by atoms with van der Waals surface area (Å²) in [6.45, 7) is 1.62. The van der Waals surface area contributed by atoms with E-state index in [9.17, 15) is 9.59 Å². The highest BCUT2D eigenvalue weighted by molar-refractivity contribution is 8.00. The molecule has 1 aliphatic rings. The smallest absolute Gasteiger partial charge is 0.255 e. The van der Waals surface area contributed by atoms with Crippen LogP contribution >= 0.6 is 23.4 Å². The fourth-order valence-corrected chi connectivity index (χ4v) is 3.89.